The molecule has 0 aromatic heterocycles. The summed E-state index contributed by atoms with van der Waals surface area (Å²) in [6, 6.07) is 4.61. The molecule has 0 N–H and O–H groups in total. The summed E-state index contributed by atoms with van der Waals surface area (Å²) in [5.41, 5.74) is 0.528. The lowest BCUT2D eigenvalue weighted by molar-refractivity contribution is -0.131. The molecule has 1 aromatic rings. The molecule has 0 bridgehead atoms. The van der Waals surface area contributed by atoms with Crippen LogP contribution in [-0.2, 0) is 4.79 Å². The highest BCUT2D eigenvalue weighted by molar-refractivity contribution is 6.02. The minimum Gasteiger partial charge on any atom is -0.454 e. The second-order valence-electron chi connectivity index (χ2n) is 6.05. The zero-order valence-electron chi connectivity index (χ0n) is 13.6. The Hall–Kier alpha value is -2.04. The maximum atomic E-state index is 12.5. The standard InChI is InChI=1S/C17H23NO4/c1-11(2)5-8-16(19)18(4)12(3)17(20)13-6-7-14-15(9-13)22-10-21-14/h6-7,9,11-12H,5,8,10H2,1-4H3. The number of ether oxygens (including phenoxy) is 2. The summed E-state index contributed by atoms with van der Waals surface area (Å²) in [5.74, 6) is 1.59. The van der Waals surface area contributed by atoms with Crippen molar-refractivity contribution in [1.29, 1.82) is 0 Å². The SMILES string of the molecule is CC(C)CCC(=O)N(C)C(C)C(=O)c1ccc2c(c1)OCO2. The van der Waals surface area contributed by atoms with E-state index >= 15 is 0 Å². The van der Waals surface area contributed by atoms with Gasteiger partial charge in [-0.3, -0.25) is 9.59 Å². The van der Waals surface area contributed by atoms with E-state index in [1.165, 1.54) is 4.90 Å². The number of fused-ring (bicyclic) bond motifs is 1. The van der Waals surface area contributed by atoms with Crippen LogP contribution < -0.4 is 9.47 Å². The van der Waals surface area contributed by atoms with E-state index in [1.807, 2.05) is 0 Å². The molecule has 120 valence electrons. The van der Waals surface area contributed by atoms with Crippen LogP contribution in [0.1, 0.15) is 44.0 Å². The monoisotopic (exact) mass is 305 g/mol. The summed E-state index contributed by atoms with van der Waals surface area (Å²) in [6.45, 7) is 6.08. The van der Waals surface area contributed by atoms with E-state index in [9.17, 15) is 9.59 Å². The van der Waals surface area contributed by atoms with Crippen molar-refractivity contribution in [3.05, 3.63) is 23.8 Å². The molecule has 1 unspecified atom stereocenters. The second-order valence-corrected chi connectivity index (χ2v) is 6.05. The van der Waals surface area contributed by atoms with Gasteiger partial charge in [-0.15, -0.1) is 0 Å². The molecule has 0 saturated heterocycles. The van der Waals surface area contributed by atoms with Crippen molar-refractivity contribution in [1.82, 2.24) is 4.90 Å². The maximum Gasteiger partial charge on any atom is 0.231 e. The number of rotatable bonds is 6. The molecule has 0 aliphatic carbocycles. The molecule has 0 saturated carbocycles. The van der Waals surface area contributed by atoms with Crippen LogP contribution >= 0.6 is 0 Å². The summed E-state index contributed by atoms with van der Waals surface area (Å²) in [4.78, 5) is 26.2. The van der Waals surface area contributed by atoms with Crippen LogP contribution in [0.4, 0.5) is 0 Å². The van der Waals surface area contributed by atoms with Crippen LogP contribution in [-0.4, -0.2) is 36.5 Å². The number of ketones is 1. The van der Waals surface area contributed by atoms with Gasteiger partial charge in [0, 0.05) is 19.0 Å². The normalized spacial score (nSPS) is 14.0. The van der Waals surface area contributed by atoms with Gasteiger partial charge in [0.15, 0.2) is 17.3 Å². The molecule has 22 heavy (non-hydrogen) atoms. The number of benzene rings is 1. The van der Waals surface area contributed by atoms with Gasteiger partial charge in [0.2, 0.25) is 12.7 Å². The molecule has 2 rings (SSSR count). The molecule has 0 fully saturated rings. The van der Waals surface area contributed by atoms with E-state index in [0.29, 0.717) is 29.4 Å². The van der Waals surface area contributed by atoms with Crippen molar-refractivity contribution in [2.24, 2.45) is 5.92 Å². The van der Waals surface area contributed by atoms with Gasteiger partial charge in [-0.2, -0.15) is 0 Å². The fraction of sp³-hybridized carbons (Fsp3) is 0.529. The van der Waals surface area contributed by atoms with E-state index in [0.717, 1.165) is 6.42 Å². The van der Waals surface area contributed by atoms with Crippen LogP contribution in [0.25, 0.3) is 0 Å². The molecule has 1 aliphatic heterocycles. The topological polar surface area (TPSA) is 55.8 Å². The maximum absolute atomic E-state index is 12.5. The number of hydrogen-bond donors (Lipinski definition) is 0. The number of nitrogens with zero attached hydrogens (tertiary/aromatic N) is 1. The van der Waals surface area contributed by atoms with E-state index in [-0.39, 0.29) is 18.5 Å². The Bertz CT molecular complexity index is 568. The van der Waals surface area contributed by atoms with E-state index in [2.05, 4.69) is 13.8 Å². The molecule has 1 heterocycles. The molecule has 0 radical (unpaired) electrons. The van der Waals surface area contributed by atoms with E-state index in [1.54, 1.807) is 32.2 Å². The van der Waals surface area contributed by atoms with Crippen LogP contribution in [0.2, 0.25) is 0 Å². The summed E-state index contributed by atoms with van der Waals surface area (Å²) in [5, 5.41) is 0. The highest BCUT2D eigenvalue weighted by Crippen LogP contribution is 2.33. The average molecular weight is 305 g/mol. The Morgan fingerprint density at radius 3 is 2.55 bits per heavy atom. The van der Waals surface area contributed by atoms with Crippen molar-refractivity contribution in [3.63, 3.8) is 0 Å². The number of carbonyl (C=O) groups is 2. The first kappa shape index (κ1) is 16.3. The zero-order chi connectivity index (χ0) is 16.3. The lowest BCUT2D eigenvalue weighted by Gasteiger charge is -2.24. The van der Waals surface area contributed by atoms with Gasteiger partial charge in [0.1, 0.15) is 0 Å². The van der Waals surface area contributed by atoms with Crippen LogP contribution in [0.15, 0.2) is 18.2 Å². The van der Waals surface area contributed by atoms with Gasteiger partial charge in [-0.1, -0.05) is 13.8 Å². The number of amides is 1. The third-order valence-corrected chi connectivity index (χ3v) is 3.95. The van der Waals surface area contributed by atoms with Gasteiger partial charge < -0.3 is 14.4 Å². The lowest BCUT2D eigenvalue weighted by atomic mass is 10.0. The van der Waals surface area contributed by atoms with Crippen molar-refractivity contribution >= 4 is 11.7 Å². The first-order valence-corrected chi connectivity index (χ1v) is 7.59. The molecule has 1 aromatic carbocycles. The highest BCUT2D eigenvalue weighted by atomic mass is 16.7. The third-order valence-electron chi connectivity index (χ3n) is 3.95. The van der Waals surface area contributed by atoms with Crippen molar-refractivity contribution < 1.29 is 19.1 Å². The Morgan fingerprint density at radius 1 is 1.18 bits per heavy atom. The van der Waals surface area contributed by atoms with E-state index in [4.69, 9.17) is 9.47 Å². The highest BCUT2D eigenvalue weighted by Gasteiger charge is 2.25. The second kappa shape index (κ2) is 6.81. The summed E-state index contributed by atoms with van der Waals surface area (Å²) >= 11 is 0. The Balaban J connectivity index is 2.03. The van der Waals surface area contributed by atoms with Gasteiger partial charge in [0.05, 0.1) is 6.04 Å². The molecule has 1 amide bonds. The Kier molecular flexibility index (Phi) is 5.06. The third kappa shape index (κ3) is 3.59. The molecular weight excluding hydrogens is 282 g/mol. The fourth-order valence-corrected chi connectivity index (χ4v) is 2.27. The largest absolute Gasteiger partial charge is 0.454 e. The van der Waals surface area contributed by atoms with Gasteiger partial charge in [-0.25, -0.2) is 0 Å². The number of carbonyl (C=O) groups excluding carboxylic acids is 2. The molecule has 5 heteroatoms. The predicted octanol–water partition coefficient (Wildman–Crippen LogP) is 2.88. The minimum absolute atomic E-state index is 0.00436. The minimum atomic E-state index is -0.500. The van der Waals surface area contributed by atoms with Crippen LogP contribution in [0.5, 0.6) is 11.5 Å². The Morgan fingerprint density at radius 2 is 1.86 bits per heavy atom. The first-order chi connectivity index (χ1) is 10.4. The van der Waals surface area contributed by atoms with Gasteiger partial charge in [0.25, 0.3) is 0 Å². The predicted molar refractivity (Wildman–Crippen MR) is 83.2 cm³/mol. The van der Waals surface area contributed by atoms with Gasteiger partial charge >= 0.3 is 0 Å². The molecule has 1 atom stereocenters. The lowest BCUT2D eigenvalue weighted by Crippen LogP contribution is -2.40. The fourth-order valence-electron chi connectivity index (χ4n) is 2.27. The molecule has 0 spiro atoms. The summed E-state index contributed by atoms with van der Waals surface area (Å²) in [6.07, 6.45) is 1.29. The molecular formula is C17H23NO4. The van der Waals surface area contributed by atoms with Crippen LogP contribution in [0.3, 0.4) is 0 Å². The van der Waals surface area contributed by atoms with Crippen molar-refractivity contribution in [2.45, 2.75) is 39.7 Å². The average Bonchev–Trinajstić information content (AvgIpc) is 2.97. The Labute approximate surface area is 131 Å². The quantitative estimate of drug-likeness (QED) is 0.758. The van der Waals surface area contributed by atoms with E-state index < -0.39 is 6.04 Å². The van der Waals surface area contributed by atoms with Crippen LogP contribution in [0, 0.1) is 5.92 Å². The first-order valence-electron chi connectivity index (χ1n) is 7.59. The number of hydrogen-bond acceptors (Lipinski definition) is 4. The van der Waals surface area contributed by atoms with Gasteiger partial charge in [-0.05, 0) is 37.5 Å². The zero-order valence-corrected chi connectivity index (χ0v) is 13.6. The smallest absolute Gasteiger partial charge is 0.231 e. The summed E-state index contributed by atoms with van der Waals surface area (Å²) in [7, 11) is 1.68. The summed E-state index contributed by atoms with van der Waals surface area (Å²) < 4.78 is 10.5. The van der Waals surface area contributed by atoms with Crippen molar-refractivity contribution in [2.75, 3.05) is 13.8 Å². The number of Topliss-reactive ketones (excluding diaryl/α,β-unsaturated/α-hetero) is 1. The molecule has 1 aliphatic rings. The van der Waals surface area contributed by atoms with Crippen molar-refractivity contribution in [3.8, 4) is 11.5 Å². The molecule has 5 nitrogen and oxygen atoms in total. The number of likely N-dealkylation sites (N-methyl/N-ethyl adjacent to an activating group) is 1.